The van der Waals surface area contributed by atoms with E-state index in [0.717, 1.165) is 4.88 Å². The Morgan fingerprint density at radius 1 is 1.42 bits per heavy atom. The molecule has 1 unspecified atom stereocenters. The van der Waals surface area contributed by atoms with E-state index < -0.39 is 5.97 Å². The average Bonchev–Trinajstić information content (AvgIpc) is 2.75. The molecule has 1 aromatic heterocycles. The maximum Gasteiger partial charge on any atom is 0.315 e. The highest BCUT2D eigenvalue weighted by atomic mass is 35.5. The van der Waals surface area contributed by atoms with Crippen LogP contribution in [0.1, 0.15) is 37.1 Å². The van der Waals surface area contributed by atoms with E-state index in [1.54, 1.807) is 6.07 Å². The van der Waals surface area contributed by atoms with Gasteiger partial charge in [-0.15, -0.1) is 11.3 Å². The number of carbonyl (C=O) groups excluding carboxylic acids is 1. The summed E-state index contributed by atoms with van der Waals surface area (Å²) in [5.41, 5.74) is 0. The first-order valence-electron chi connectivity index (χ1n) is 6.00. The predicted molar refractivity (Wildman–Crippen MR) is 75.8 cm³/mol. The van der Waals surface area contributed by atoms with Gasteiger partial charge in [-0.3, -0.25) is 4.79 Å². The Labute approximate surface area is 121 Å². The number of unbranched alkanes of at least 4 members (excludes halogenated alkanes) is 1. The number of carboxylic acid groups (broad SMARTS) is 1. The molecule has 5 nitrogen and oxygen atoms in total. The fraction of sp³-hybridized carbons (Fsp3) is 0.500. The normalized spacial score (nSPS) is 11.9. The molecular formula is C12H17ClN2O3S. The van der Waals surface area contributed by atoms with Gasteiger partial charge in [-0.1, -0.05) is 11.6 Å². The number of nitrogens with one attached hydrogen (secondary N) is 2. The van der Waals surface area contributed by atoms with E-state index in [4.69, 9.17) is 16.7 Å². The van der Waals surface area contributed by atoms with Gasteiger partial charge in [-0.25, -0.2) is 4.79 Å². The summed E-state index contributed by atoms with van der Waals surface area (Å²) in [5.74, 6) is -0.812. The lowest BCUT2D eigenvalue weighted by Crippen LogP contribution is -2.37. The van der Waals surface area contributed by atoms with Gasteiger partial charge in [0.1, 0.15) is 0 Å². The zero-order valence-corrected chi connectivity index (χ0v) is 12.2. The number of hydrogen-bond acceptors (Lipinski definition) is 3. The average molecular weight is 305 g/mol. The van der Waals surface area contributed by atoms with E-state index in [-0.39, 0.29) is 18.5 Å². The van der Waals surface area contributed by atoms with Crippen molar-refractivity contribution in [1.82, 2.24) is 10.6 Å². The molecule has 106 valence electrons. The highest BCUT2D eigenvalue weighted by Gasteiger charge is 2.10. The molecule has 7 heteroatoms. The minimum atomic E-state index is -0.812. The molecule has 2 amide bonds. The lowest BCUT2D eigenvalue weighted by molar-refractivity contribution is -0.137. The molecule has 1 rings (SSSR count). The van der Waals surface area contributed by atoms with Crippen molar-refractivity contribution in [3.05, 3.63) is 21.3 Å². The summed E-state index contributed by atoms with van der Waals surface area (Å²) in [4.78, 5) is 22.8. The minimum Gasteiger partial charge on any atom is -0.481 e. The van der Waals surface area contributed by atoms with Gasteiger partial charge in [-0.2, -0.15) is 0 Å². The maximum absolute atomic E-state index is 11.6. The third-order valence-corrected chi connectivity index (χ3v) is 3.89. The third-order valence-electron chi connectivity index (χ3n) is 2.47. The molecular weight excluding hydrogens is 288 g/mol. The molecule has 0 saturated carbocycles. The monoisotopic (exact) mass is 304 g/mol. The Morgan fingerprint density at radius 3 is 2.74 bits per heavy atom. The summed E-state index contributed by atoms with van der Waals surface area (Å²) >= 11 is 7.26. The minimum absolute atomic E-state index is 0.100. The standard InChI is InChI=1S/C12H17ClN2O3S/c1-8(9-5-6-10(13)19-9)15-12(18)14-7-3-2-4-11(16)17/h5-6,8H,2-4,7H2,1H3,(H,16,17)(H2,14,15,18). The van der Waals surface area contributed by atoms with E-state index >= 15 is 0 Å². The fourth-order valence-corrected chi connectivity index (χ4v) is 2.55. The summed E-state index contributed by atoms with van der Waals surface area (Å²) in [6, 6.07) is 3.32. The van der Waals surface area contributed by atoms with Gasteiger partial charge >= 0.3 is 12.0 Å². The Morgan fingerprint density at radius 2 is 2.16 bits per heavy atom. The molecule has 0 fully saturated rings. The second-order valence-electron chi connectivity index (χ2n) is 4.11. The number of aliphatic carboxylic acids is 1. The van der Waals surface area contributed by atoms with Crippen LogP contribution in [0.4, 0.5) is 4.79 Å². The maximum atomic E-state index is 11.6. The highest BCUT2D eigenvalue weighted by molar-refractivity contribution is 7.16. The van der Waals surface area contributed by atoms with Crippen LogP contribution in [0.25, 0.3) is 0 Å². The van der Waals surface area contributed by atoms with Crippen molar-refractivity contribution in [1.29, 1.82) is 0 Å². The Bertz CT molecular complexity index is 436. The summed E-state index contributed by atoms with van der Waals surface area (Å²) < 4.78 is 0.692. The highest BCUT2D eigenvalue weighted by Crippen LogP contribution is 2.26. The smallest absolute Gasteiger partial charge is 0.315 e. The Balaban J connectivity index is 2.18. The van der Waals surface area contributed by atoms with Gasteiger partial charge in [0.25, 0.3) is 0 Å². The third kappa shape index (κ3) is 6.45. The molecule has 0 aliphatic heterocycles. The van der Waals surface area contributed by atoms with Crippen LogP contribution >= 0.6 is 22.9 Å². The molecule has 1 atom stereocenters. The number of carbonyl (C=O) groups is 2. The van der Waals surface area contributed by atoms with Crippen molar-refractivity contribution in [2.45, 2.75) is 32.2 Å². The predicted octanol–water partition coefficient (Wildman–Crippen LogP) is 3.02. The molecule has 0 saturated heterocycles. The van der Waals surface area contributed by atoms with Crippen molar-refractivity contribution >= 4 is 34.9 Å². The molecule has 0 spiro atoms. The van der Waals surface area contributed by atoms with Gasteiger partial charge in [0.15, 0.2) is 0 Å². The second kappa shape index (κ2) is 8.01. The molecule has 3 N–H and O–H groups in total. The summed E-state index contributed by atoms with van der Waals surface area (Å²) in [6.45, 7) is 2.35. The van der Waals surface area contributed by atoms with Crippen LogP contribution in [0.2, 0.25) is 4.34 Å². The molecule has 1 heterocycles. The quantitative estimate of drug-likeness (QED) is 0.678. The number of rotatable bonds is 7. The van der Waals surface area contributed by atoms with Crippen LogP contribution in [0.3, 0.4) is 0 Å². The number of halogens is 1. The summed E-state index contributed by atoms with van der Waals surface area (Å²) in [5, 5.41) is 13.9. The molecule has 0 radical (unpaired) electrons. The van der Waals surface area contributed by atoms with Crippen molar-refractivity contribution in [3.63, 3.8) is 0 Å². The van der Waals surface area contributed by atoms with Gasteiger partial charge in [0, 0.05) is 17.8 Å². The van der Waals surface area contributed by atoms with E-state index in [0.29, 0.717) is 23.7 Å². The first-order valence-corrected chi connectivity index (χ1v) is 7.20. The van der Waals surface area contributed by atoms with Crippen molar-refractivity contribution in [2.24, 2.45) is 0 Å². The summed E-state index contributed by atoms with van der Waals surface area (Å²) in [6.07, 6.45) is 1.35. The number of carboxylic acids is 1. The van der Waals surface area contributed by atoms with Crippen LogP contribution in [0.15, 0.2) is 12.1 Å². The van der Waals surface area contributed by atoms with E-state index in [1.807, 2.05) is 13.0 Å². The molecule has 0 aliphatic rings. The van der Waals surface area contributed by atoms with Gasteiger partial charge < -0.3 is 15.7 Å². The van der Waals surface area contributed by atoms with Crippen LogP contribution in [-0.4, -0.2) is 23.7 Å². The lowest BCUT2D eigenvalue weighted by atomic mass is 10.2. The number of thiophene rings is 1. The van der Waals surface area contributed by atoms with Crippen LogP contribution in [0, 0.1) is 0 Å². The first-order chi connectivity index (χ1) is 8.99. The largest absolute Gasteiger partial charge is 0.481 e. The molecule has 1 aromatic rings. The number of urea groups is 1. The molecule has 0 aromatic carbocycles. The zero-order valence-electron chi connectivity index (χ0n) is 10.6. The second-order valence-corrected chi connectivity index (χ2v) is 5.86. The lowest BCUT2D eigenvalue weighted by Gasteiger charge is -2.13. The molecule has 0 bridgehead atoms. The molecule has 19 heavy (non-hydrogen) atoms. The van der Waals surface area contributed by atoms with Crippen LogP contribution < -0.4 is 10.6 Å². The fourth-order valence-electron chi connectivity index (χ4n) is 1.48. The Hall–Kier alpha value is -1.27. The van der Waals surface area contributed by atoms with Gasteiger partial charge in [0.05, 0.1) is 10.4 Å². The van der Waals surface area contributed by atoms with Crippen molar-refractivity contribution < 1.29 is 14.7 Å². The van der Waals surface area contributed by atoms with E-state index in [9.17, 15) is 9.59 Å². The SMILES string of the molecule is CC(NC(=O)NCCCCC(=O)O)c1ccc(Cl)s1. The van der Waals surface area contributed by atoms with Crippen LogP contribution in [0.5, 0.6) is 0 Å². The number of hydrogen-bond donors (Lipinski definition) is 3. The summed E-state index contributed by atoms with van der Waals surface area (Å²) in [7, 11) is 0. The first kappa shape index (κ1) is 15.8. The topological polar surface area (TPSA) is 78.4 Å². The van der Waals surface area contributed by atoms with E-state index in [2.05, 4.69) is 10.6 Å². The van der Waals surface area contributed by atoms with Crippen molar-refractivity contribution in [3.8, 4) is 0 Å². The van der Waals surface area contributed by atoms with E-state index in [1.165, 1.54) is 11.3 Å². The van der Waals surface area contributed by atoms with Crippen LogP contribution in [-0.2, 0) is 4.79 Å². The molecule has 0 aliphatic carbocycles. The number of amides is 2. The van der Waals surface area contributed by atoms with Gasteiger partial charge in [-0.05, 0) is 31.9 Å². The Kier molecular flexibility index (Phi) is 6.66. The van der Waals surface area contributed by atoms with Crippen molar-refractivity contribution in [2.75, 3.05) is 6.54 Å². The van der Waals surface area contributed by atoms with Gasteiger partial charge in [0.2, 0.25) is 0 Å². The zero-order chi connectivity index (χ0) is 14.3.